The van der Waals surface area contributed by atoms with Gasteiger partial charge in [-0.25, -0.2) is 0 Å². The summed E-state index contributed by atoms with van der Waals surface area (Å²) >= 11 is 0. The van der Waals surface area contributed by atoms with Crippen LogP contribution in [0.15, 0.2) is 21.7 Å². The molecule has 0 saturated heterocycles. The Morgan fingerprint density at radius 2 is 1.92 bits per heavy atom. The van der Waals surface area contributed by atoms with Crippen LogP contribution in [0.3, 0.4) is 0 Å². The molecule has 2 aromatic rings. The molecule has 0 unspecified atom stereocenters. The highest BCUT2D eigenvalue weighted by Crippen LogP contribution is 2.26. The van der Waals surface area contributed by atoms with Crippen LogP contribution in [0, 0.1) is 16.0 Å². The molecule has 0 bridgehead atoms. The monoisotopic (exact) mass is 361 g/mol. The van der Waals surface area contributed by atoms with Gasteiger partial charge in [-0.2, -0.15) is 0 Å². The van der Waals surface area contributed by atoms with Crippen LogP contribution in [0.2, 0.25) is 0 Å². The molecule has 1 heterocycles. The van der Waals surface area contributed by atoms with Gasteiger partial charge in [0.2, 0.25) is 5.91 Å². The van der Waals surface area contributed by atoms with Gasteiger partial charge in [0.1, 0.15) is 0 Å². The van der Waals surface area contributed by atoms with Gasteiger partial charge >= 0.3 is 11.1 Å². The second kappa shape index (κ2) is 7.08. The first kappa shape index (κ1) is 17.8. The Morgan fingerprint density at radius 1 is 1.23 bits per heavy atom. The van der Waals surface area contributed by atoms with Gasteiger partial charge in [-0.3, -0.25) is 24.5 Å². The van der Waals surface area contributed by atoms with E-state index in [1.54, 1.807) is 0 Å². The zero-order valence-electron chi connectivity index (χ0n) is 13.9. The lowest BCUT2D eigenvalue weighted by Crippen LogP contribution is -2.44. The summed E-state index contributed by atoms with van der Waals surface area (Å²) < 4.78 is 0. The minimum atomic E-state index is -0.877. The Morgan fingerprint density at radius 3 is 2.62 bits per heavy atom. The van der Waals surface area contributed by atoms with Gasteiger partial charge in [0.15, 0.2) is 0 Å². The number of benzene rings is 1. The Bertz CT molecular complexity index is 979. The Balaban J connectivity index is 1.96. The third kappa shape index (κ3) is 3.49. The van der Waals surface area contributed by atoms with E-state index in [9.17, 15) is 24.5 Å². The standard InChI is InChI=1S/C16H19N5O5/c17-14(22)10-3-1-2-4-11(10)18-7-8-5-9(21(25)26)6-12-13(8)20-16(24)15(23)19-12/h5-6,10-11,18H,1-4,7H2,(H2,17,22)(H,19,23)(H,20,24)/t10-,11+/m1/s1. The molecule has 1 saturated carbocycles. The molecule has 1 aliphatic carbocycles. The van der Waals surface area contributed by atoms with Crippen molar-refractivity contribution in [3.8, 4) is 0 Å². The van der Waals surface area contributed by atoms with E-state index >= 15 is 0 Å². The van der Waals surface area contributed by atoms with E-state index < -0.39 is 16.0 Å². The number of nitrogens with zero attached hydrogens (tertiary/aromatic N) is 1. The highest BCUT2D eigenvalue weighted by molar-refractivity contribution is 5.80. The molecule has 3 rings (SSSR count). The van der Waals surface area contributed by atoms with E-state index in [1.807, 2.05) is 0 Å². The summed E-state index contributed by atoms with van der Waals surface area (Å²) in [5, 5.41) is 14.4. The lowest BCUT2D eigenvalue weighted by Gasteiger charge is -2.30. The molecule has 26 heavy (non-hydrogen) atoms. The number of hydrogen-bond acceptors (Lipinski definition) is 6. The zero-order valence-corrected chi connectivity index (χ0v) is 13.9. The number of nitrogens with two attached hydrogens (primary N) is 1. The maximum atomic E-state index is 11.6. The number of aromatic amines is 2. The van der Waals surface area contributed by atoms with E-state index in [2.05, 4.69) is 15.3 Å². The van der Waals surface area contributed by atoms with Crippen LogP contribution in [-0.4, -0.2) is 26.8 Å². The molecule has 2 atom stereocenters. The average molecular weight is 361 g/mol. The molecule has 0 spiro atoms. The van der Waals surface area contributed by atoms with E-state index in [0.29, 0.717) is 17.5 Å². The zero-order chi connectivity index (χ0) is 18.8. The largest absolute Gasteiger partial charge is 0.369 e. The predicted molar refractivity (Wildman–Crippen MR) is 93.6 cm³/mol. The second-order valence-corrected chi connectivity index (χ2v) is 6.47. The fourth-order valence-corrected chi connectivity index (χ4v) is 3.48. The third-order valence-corrected chi connectivity index (χ3v) is 4.79. The van der Waals surface area contributed by atoms with Crippen LogP contribution in [-0.2, 0) is 11.3 Å². The van der Waals surface area contributed by atoms with Crippen LogP contribution < -0.4 is 22.2 Å². The number of H-pyrrole nitrogens is 2. The van der Waals surface area contributed by atoms with E-state index in [-0.39, 0.29) is 35.6 Å². The van der Waals surface area contributed by atoms with Crippen molar-refractivity contribution in [2.75, 3.05) is 0 Å². The number of carbonyl (C=O) groups excluding carboxylic acids is 1. The number of hydrogen-bond donors (Lipinski definition) is 4. The predicted octanol–water partition coefficient (Wildman–Crippen LogP) is 0.258. The van der Waals surface area contributed by atoms with Crippen LogP contribution in [0.4, 0.5) is 5.69 Å². The van der Waals surface area contributed by atoms with Gasteiger partial charge in [-0.05, 0) is 18.4 Å². The number of non-ortho nitro benzene ring substituents is 1. The summed E-state index contributed by atoms with van der Waals surface area (Å²) in [5.41, 5.74) is 4.50. The van der Waals surface area contributed by atoms with Crippen molar-refractivity contribution in [2.45, 2.75) is 38.3 Å². The van der Waals surface area contributed by atoms with Crippen molar-refractivity contribution in [2.24, 2.45) is 11.7 Å². The minimum Gasteiger partial charge on any atom is -0.369 e. The maximum Gasteiger partial charge on any atom is 0.314 e. The highest BCUT2D eigenvalue weighted by Gasteiger charge is 2.29. The summed E-state index contributed by atoms with van der Waals surface area (Å²) in [4.78, 5) is 50.2. The molecule has 10 heteroatoms. The minimum absolute atomic E-state index is 0.134. The molecular formula is C16H19N5O5. The molecule has 1 aliphatic rings. The average Bonchev–Trinajstić information content (AvgIpc) is 2.60. The van der Waals surface area contributed by atoms with Crippen molar-refractivity contribution in [3.63, 3.8) is 0 Å². The van der Waals surface area contributed by atoms with Crippen molar-refractivity contribution in [3.05, 3.63) is 48.5 Å². The van der Waals surface area contributed by atoms with Crippen molar-refractivity contribution >= 4 is 22.6 Å². The lowest BCUT2D eigenvalue weighted by molar-refractivity contribution is -0.384. The number of nitro groups is 1. The van der Waals surface area contributed by atoms with Gasteiger partial charge in [0.05, 0.1) is 21.9 Å². The fourth-order valence-electron chi connectivity index (χ4n) is 3.48. The first-order valence-corrected chi connectivity index (χ1v) is 8.33. The fraction of sp³-hybridized carbons (Fsp3) is 0.438. The van der Waals surface area contributed by atoms with Crippen LogP contribution >= 0.6 is 0 Å². The molecule has 0 aliphatic heterocycles. The number of nitrogens with one attached hydrogen (secondary N) is 3. The summed E-state index contributed by atoms with van der Waals surface area (Å²) in [6.07, 6.45) is 3.36. The van der Waals surface area contributed by atoms with E-state index in [0.717, 1.165) is 19.3 Å². The smallest absolute Gasteiger partial charge is 0.314 e. The Kier molecular flexibility index (Phi) is 4.85. The van der Waals surface area contributed by atoms with Crippen molar-refractivity contribution in [1.29, 1.82) is 0 Å². The summed E-state index contributed by atoms with van der Waals surface area (Å²) in [6, 6.07) is 2.40. The summed E-state index contributed by atoms with van der Waals surface area (Å²) in [7, 11) is 0. The summed E-state index contributed by atoms with van der Waals surface area (Å²) in [6.45, 7) is 0.189. The van der Waals surface area contributed by atoms with Gasteiger partial charge in [-0.15, -0.1) is 0 Å². The number of primary amides is 1. The molecule has 0 radical (unpaired) electrons. The molecule has 1 aromatic heterocycles. The van der Waals surface area contributed by atoms with Crippen LogP contribution in [0.5, 0.6) is 0 Å². The van der Waals surface area contributed by atoms with Crippen LogP contribution in [0.1, 0.15) is 31.2 Å². The number of aromatic nitrogens is 2. The Labute approximate surface area is 146 Å². The van der Waals surface area contributed by atoms with Gasteiger partial charge in [-0.1, -0.05) is 12.8 Å². The quantitative estimate of drug-likeness (QED) is 0.339. The number of nitro benzene ring substituents is 1. The van der Waals surface area contributed by atoms with Crippen LogP contribution in [0.25, 0.3) is 11.0 Å². The number of rotatable bonds is 5. The number of fused-ring (bicyclic) bond motifs is 1. The molecule has 1 aromatic carbocycles. The lowest BCUT2D eigenvalue weighted by atomic mass is 9.84. The van der Waals surface area contributed by atoms with E-state index in [1.165, 1.54) is 12.1 Å². The normalized spacial score (nSPS) is 20.2. The third-order valence-electron chi connectivity index (χ3n) is 4.79. The molecule has 5 N–H and O–H groups in total. The molecule has 138 valence electrons. The van der Waals surface area contributed by atoms with Crippen molar-refractivity contribution < 1.29 is 9.72 Å². The van der Waals surface area contributed by atoms with Gasteiger partial charge in [0.25, 0.3) is 5.69 Å². The second-order valence-electron chi connectivity index (χ2n) is 6.47. The first-order chi connectivity index (χ1) is 12.4. The maximum absolute atomic E-state index is 11.6. The topological polar surface area (TPSA) is 164 Å². The van der Waals surface area contributed by atoms with E-state index in [4.69, 9.17) is 5.73 Å². The van der Waals surface area contributed by atoms with Crippen molar-refractivity contribution in [1.82, 2.24) is 15.3 Å². The summed E-state index contributed by atoms with van der Waals surface area (Å²) in [5.74, 6) is -0.670. The molecule has 10 nitrogen and oxygen atoms in total. The van der Waals surface area contributed by atoms with Gasteiger partial charge < -0.3 is 21.0 Å². The molecule has 1 fully saturated rings. The number of amides is 1. The highest BCUT2D eigenvalue weighted by atomic mass is 16.6. The molecular weight excluding hydrogens is 342 g/mol. The first-order valence-electron chi connectivity index (χ1n) is 8.33. The number of carbonyl (C=O) groups is 1. The Hall–Kier alpha value is -3.01. The molecule has 1 amide bonds. The van der Waals surface area contributed by atoms with Gasteiger partial charge in [0, 0.05) is 24.7 Å². The SMILES string of the molecule is NC(=O)[C@@H]1CCCC[C@@H]1NCc1cc([N+](=O)[O-])cc2[nH]c(=O)c(=O)[nH]c12.